The van der Waals surface area contributed by atoms with Crippen LogP contribution in [0.1, 0.15) is 5.82 Å². The highest BCUT2D eigenvalue weighted by Crippen LogP contribution is 2.24. The average molecular weight is 480 g/mol. The molecule has 0 aliphatic heterocycles. The summed E-state index contributed by atoms with van der Waals surface area (Å²) in [6, 6.07) is 24.5. The van der Waals surface area contributed by atoms with Gasteiger partial charge in [-0.2, -0.15) is 0 Å². The summed E-state index contributed by atoms with van der Waals surface area (Å²) in [6.07, 6.45) is 0. The van der Waals surface area contributed by atoms with Crippen molar-refractivity contribution in [2.75, 3.05) is 23.5 Å². The Hall–Kier alpha value is -3.49. The quantitative estimate of drug-likeness (QED) is 0.318. The van der Waals surface area contributed by atoms with E-state index in [2.05, 4.69) is 20.8 Å². The van der Waals surface area contributed by atoms with E-state index in [9.17, 15) is 4.79 Å². The van der Waals surface area contributed by atoms with Crippen molar-refractivity contribution in [3.8, 4) is 11.4 Å². The van der Waals surface area contributed by atoms with E-state index in [1.165, 1.54) is 11.8 Å². The lowest BCUT2D eigenvalue weighted by Crippen LogP contribution is -2.14. The fourth-order valence-electron chi connectivity index (χ4n) is 3.10. The van der Waals surface area contributed by atoms with Gasteiger partial charge in [0.1, 0.15) is 5.75 Å². The van der Waals surface area contributed by atoms with Crippen LogP contribution in [-0.2, 0) is 11.3 Å². The van der Waals surface area contributed by atoms with Crippen LogP contribution in [0.15, 0.2) is 84.0 Å². The number of rotatable bonds is 9. The number of nitrogens with zero attached hydrogens (tertiary/aromatic N) is 3. The zero-order valence-corrected chi connectivity index (χ0v) is 19.4. The summed E-state index contributed by atoms with van der Waals surface area (Å²) in [5.41, 5.74) is 2.56. The third-order valence-electron chi connectivity index (χ3n) is 4.72. The van der Waals surface area contributed by atoms with Gasteiger partial charge in [0.25, 0.3) is 0 Å². The van der Waals surface area contributed by atoms with Crippen LogP contribution >= 0.6 is 23.4 Å². The van der Waals surface area contributed by atoms with Gasteiger partial charge in [-0.15, -0.1) is 10.2 Å². The first kappa shape index (κ1) is 22.7. The lowest BCUT2D eigenvalue weighted by atomic mass is 10.3. The minimum Gasteiger partial charge on any atom is -0.497 e. The first-order valence-electron chi connectivity index (χ1n) is 10.2. The van der Waals surface area contributed by atoms with Gasteiger partial charge in [0, 0.05) is 22.1 Å². The summed E-state index contributed by atoms with van der Waals surface area (Å²) in [6.45, 7) is 0.464. The lowest BCUT2D eigenvalue weighted by molar-refractivity contribution is -0.113. The van der Waals surface area contributed by atoms with E-state index in [1.54, 1.807) is 31.4 Å². The zero-order chi connectivity index (χ0) is 23.0. The molecule has 4 aromatic rings. The SMILES string of the molecule is COc1ccc(NCc2nnc(SCC(=O)Nc3ccc(Cl)cc3)n2-c2ccccc2)cc1. The molecular formula is C24H22ClN5O2S. The number of carbonyl (C=O) groups is 1. The Bertz CT molecular complexity index is 1200. The first-order valence-corrected chi connectivity index (χ1v) is 11.5. The molecule has 0 radical (unpaired) electrons. The molecule has 168 valence electrons. The molecule has 3 aromatic carbocycles. The smallest absolute Gasteiger partial charge is 0.234 e. The monoisotopic (exact) mass is 479 g/mol. The largest absolute Gasteiger partial charge is 0.497 e. The molecule has 0 fully saturated rings. The summed E-state index contributed by atoms with van der Waals surface area (Å²) >= 11 is 7.23. The highest BCUT2D eigenvalue weighted by molar-refractivity contribution is 7.99. The standard InChI is InChI=1S/C24H22ClN5O2S/c1-32-21-13-11-18(12-14-21)26-15-22-28-29-24(30(22)20-5-3-2-4-6-20)33-16-23(31)27-19-9-7-17(25)8-10-19/h2-14,26H,15-16H2,1H3,(H,27,31). The normalized spacial score (nSPS) is 10.6. The molecule has 1 aromatic heterocycles. The molecule has 0 spiro atoms. The number of thioether (sulfide) groups is 1. The van der Waals surface area contributed by atoms with Crippen molar-refractivity contribution in [3.63, 3.8) is 0 Å². The van der Waals surface area contributed by atoms with Crippen molar-refractivity contribution in [2.24, 2.45) is 0 Å². The predicted octanol–water partition coefficient (Wildman–Crippen LogP) is 5.27. The molecule has 0 aliphatic carbocycles. The number of amides is 1. The Kier molecular flexibility index (Phi) is 7.49. The molecule has 0 atom stereocenters. The molecule has 0 saturated heterocycles. The summed E-state index contributed by atoms with van der Waals surface area (Å²) in [4.78, 5) is 12.4. The van der Waals surface area contributed by atoms with Crippen LogP contribution in [0.5, 0.6) is 5.75 Å². The number of carbonyl (C=O) groups excluding carboxylic acids is 1. The van der Waals surface area contributed by atoms with Gasteiger partial charge < -0.3 is 15.4 Å². The number of anilines is 2. The molecule has 0 aliphatic rings. The van der Waals surface area contributed by atoms with Crippen LogP contribution in [0.25, 0.3) is 5.69 Å². The fourth-order valence-corrected chi connectivity index (χ4v) is 3.99. The lowest BCUT2D eigenvalue weighted by Gasteiger charge is -2.12. The third-order valence-corrected chi connectivity index (χ3v) is 5.90. The maximum absolute atomic E-state index is 12.4. The summed E-state index contributed by atoms with van der Waals surface area (Å²) in [5.74, 6) is 1.59. The van der Waals surface area contributed by atoms with E-state index in [-0.39, 0.29) is 11.7 Å². The van der Waals surface area contributed by atoms with Gasteiger partial charge in [0.15, 0.2) is 11.0 Å². The van der Waals surface area contributed by atoms with Crippen LogP contribution in [0.2, 0.25) is 5.02 Å². The van der Waals surface area contributed by atoms with Gasteiger partial charge in [-0.3, -0.25) is 9.36 Å². The van der Waals surface area contributed by atoms with Crippen LogP contribution in [-0.4, -0.2) is 33.5 Å². The van der Waals surface area contributed by atoms with Crippen molar-refractivity contribution in [2.45, 2.75) is 11.7 Å². The molecular weight excluding hydrogens is 458 g/mol. The van der Waals surface area contributed by atoms with Crippen LogP contribution in [0, 0.1) is 0 Å². The Morgan fingerprint density at radius 1 is 0.970 bits per heavy atom. The Morgan fingerprint density at radius 3 is 2.36 bits per heavy atom. The Morgan fingerprint density at radius 2 is 1.67 bits per heavy atom. The van der Waals surface area contributed by atoms with Gasteiger partial charge in [-0.25, -0.2) is 0 Å². The maximum atomic E-state index is 12.4. The number of hydrogen-bond acceptors (Lipinski definition) is 6. The molecule has 7 nitrogen and oxygen atoms in total. The van der Waals surface area contributed by atoms with E-state index < -0.39 is 0 Å². The third kappa shape index (κ3) is 6.06. The van der Waals surface area contributed by atoms with Crippen molar-refractivity contribution >= 4 is 40.6 Å². The minimum atomic E-state index is -0.136. The number of hydrogen-bond donors (Lipinski definition) is 2. The minimum absolute atomic E-state index is 0.136. The second-order valence-corrected chi connectivity index (χ2v) is 8.37. The van der Waals surface area contributed by atoms with Gasteiger partial charge in [0.05, 0.1) is 19.4 Å². The number of methoxy groups -OCH3 is 1. The van der Waals surface area contributed by atoms with Crippen LogP contribution < -0.4 is 15.4 Å². The maximum Gasteiger partial charge on any atom is 0.234 e. The van der Waals surface area contributed by atoms with Crippen molar-refractivity contribution < 1.29 is 9.53 Å². The molecule has 33 heavy (non-hydrogen) atoms. The highest BCUT2D eigenvalue weighted by Gasteiger charge is 2.16. The number of halogens is 1. The van der Waals surface area contributed by atoms with Gasteiger partial charge in [-0.1, -0.05) is 41.6 Å². The summed E-state index contributed by atoms with van der Waals surface area (Å²) < 4.78 is 7.16. The summed E-state index contributed by atoms with van der Waals surface area (Å²) in [7, 11) is 1.64. The van der Waals surface area contributed by atoms with Crippen LogP contribution in [0.4, 0.5) is 11.4 Å². The molecule has 2 N–H and O–H groups in total. The molecule has 0 saturated carbocycles. The van der Waals surface area contributed by atoms with E-state index >= 15 is 0 Å². The fraction of sp³-hybridized carbons (Fsp3) is 0.125. The zero-order valence-electron chi connectivity index (χ0n) is 17.9. The first-order chi connectivity index (χ1) is 16.1. The second kappa shape index (κ2) is 10.9. The Balaban J connectivity index is 1.47. The van der Waals surface area contributed by atoms with Gasteiger partial charge in [-0.05, 0) is 60.7 Å². The number of benzene rings is 3. The summed E-state index contributed by atoms with van der Waals surface area (Å²) in [5, 5.41) is 16.2. The van der Waals surface area contributed by atoms with E-state index in [0.717, 1.165) is 22.9 Å². The number of ether oxygens (including phenoxy) is 1. The number of nitrogens with one attached hydrogen (secondary N) is 2. The average Bonchev–Trinajstić information content (AvgIpc) is 3.26. The molecule has 4 rings (SSSR count). The van der Waals surface area contributed by atoms with Gasteiger partial charge >= 0.3 is 0 Å². The molecule has 0 unspecified atom stereocenters. The van der Waals surface area contributed by atoms with E-state index in [0.29, 0.717) is 22.4 Å². The van der Waals surface area contributed by atoms with Gasteiger partial charge in [0.2, 0.25) is 5.91 Å². The topological polar surface area (TPSA) is 81.1 Å². The second-order valence-electron chi connectivity index (χ2n) is 7.00. The molecule has 9 heteroatoms. The number of aromatic nitrogens is 3. The van der Waals surface area contributed by atoms with Crippen LogP contribution in [0.3, 0.4) is 0 Å². The van der Waals surface area contributed by atoms with E-state index in [1.807, 2.05) is 59.2 Å². The number of para-hydroxylation sites is 1. The van der Waals surface area contributed by atoms with Crippen molar-refractivity contribution in [1.29, 1.82) is 0 Å². The highest BCUT2D eigenvalue weighted by atomic mass is 35.5. The van der Waals surface area contributed by atoms with Crippen molar-refractivity contribution in [1.82, 2.24) is 14.8 Å². The molecule has 0 bridgehead atoms. The molecule has 1 amide bonds. The Labute approximate surface area is 201 Å². The van der Waals surface area contributed by atoms with Crippen molar-refractivity contribution in [3.05, 3.63) is 89.7 Å². The molecule has 1 heterocycles. The van der Waals surface area contributed by atoms with E-state index in [4.69, 9.17) is 16.3 Å². The predicted molar refractivity (Wildman–Crippen MR) is 132 cm³/mol.